The fraction of sp³-hybridized carbons (Fsp3) is 0.526. The molecule has 5 heteroatoms. The molecule has 2 aromatic rings. The van der Waals surface area contributed by atoms with Gasteiger partial charge in [0.15, 0.2) is 10.9 Å². The number of carbonyl (C=O) groups is 1. The van der Waals surface area contributed by atoms with E-state index in [4.69, 9.17) is 0 Å². The second kappa shape index (κ2) is 6.03. The van der Waals surface area contributed by atoms with Gasteiger partial charge in [0.25, 0.3) is 0 Å². The summed E-state index contributed by atoms with van der Waals surface area (Å²) in [5, 5.41) is 9.72. The largest absolute Gasteiger partial charge is 0.303 e. The predicted molar refractivity (Wildman–Crippen MR) is 96.0 cm³/mol. The molecule has 0 atom stereocenters. The Hall–Kier alpha value is -1.62. The fourth-order valence-electron chi connectivity index (χ4n) is 3.15. The number of benzene rings is 1. The summed E-state index contributed by atoms with van der Waals surface area (Å²) in [5.41, 5.74) is 4.31. The first-order valence-electron chi connectivity index (χ1n) is 8.73. The summed E-state index contributed by atoms with van der Waals surface area (Å²) < 4.78 is 2.31. The zero-order valence-electron chi connectivity index (χ0n) is 14.5. The number of nitrogens with zero attached hydrogens (tertiary/aromatic N) is 3. The number of aryl methyl sites for hydroxylation is 3. The number of hydrogen-bond acceptors (Lipinski definition) is 4. The van der Waals surface area contributed by atoms with Crippen molar-refractivity contribution in [1.82, 2.24) is 14.8 Å². The number of Topliss-reactive ketones (excluding diaryl/α,β-unsaturated/α-hetero) is 1. The molecule has 0 bridgehead atoms. The monoisotopic (exact) mass is 341 g/mol. The molecule has 1 aromatic heterocycles. The lowest BCUT2D eigenvalue weighted by molar-refractivity contribution is 0.102. The Kier molecular flexibility index (Phi) is 3.99. The van der Waals surface area contributed by atoms with Crippen LogP contribution in [0.4, 0.5) is 0 Å². The van der Waals surface area contributed by atoms with Gasteiger partial charge in [-0.25, -0.2) is 0 Å². The second-order valence-corrected chi connectivity index (χ2v) is 8.12. The quantitative estimate of drug-likeness (QED) is 0.577. The van der Waals surface area contributed by atoms with Crippen molar-refractivity contribution in [3.05, 3.63) is 40.2 Å². The van der Waals surface area contributed by atoms with Gasteiger partial charge in [0.2, 0.25) is 0 Å². The van der Waals surface area contributed by atoms with Crippen molar-refractivity contribution in [2.75, 3.05) is 5.75 Å². The van der Waals surface area contributed by atoms with Gasteiger partial charge in [-0.05, 0) is 69.2 Å². The molecular weight excluding hydrogens is 318 g/mol. The van der Waals surface area contributed by atoms with E-state index in [1.165, 1.54) is 36.8 Å². The molecule has 0 radical (unpaired) electrons. The van der Waals surface area contributed by atoms with E-state index >= 15 is 0 Å². The van der Waals surface area contributed by atoms with Crippen LogP contribution in [0.3, 0.4) is 0 Å². The topological polar surface area (TPSA) is 47.8 Å². The molecule has 0 saturated heterocycles. The van der Waals surface area contributed by atoms with Crippen LogP contribution in [-0.4, -0.2) is 26.3 Å². The van der Waals surface area contributed by atoms with Crippen molar-refractivity contribution in [2.45, 2.75) is 63.6 Å². The van der Waals surface area contributed by atoms with Crippen LogP contribution in [-0.2, 0) is 0 Å². The van der Waals surface area contributed by atoms with Crippen molar-refractivity contribution in [2.24, 2.45) is 0 Å². The van der Waals surface area contributed by atoms with Gasteiger partial charge in [-0.3, -0.25) is 4.79 Å². The first-order chi connectivity index (χ1) is 11.5. The summed E-state index contributed by atoms with van der Waals surface area (Å²) in [4.78, 5) is 12.7. The summed E-state index contributed by atoms with van der Waals surface area (Å²) in [6.07, 6.45) is 4.90. The zero-order chi connectivity index (χ0) is 16.8. The van der Waals surface area contributed by atoms with Crippen LogP contribution in [0.2, 0.25) is 0 Å². The van der Waals surface area contributed by atoms with Gasteiger partial charge < -0.3 is 4.57 Å². The molecule has 126 valence electrons. The normalized spacial score (nSPS) is 17.3. The van der Waals surface area contributed by atoms with E-state index in [9.17, 15) is 4.79 Å². The number of aromatic nitrogens is 3. The number of hydrogen-bond donors (Lipinski definition) is 0. The number of ketones is 1. The number of rotatable bonds is 6. The SMILES string of the molecule is Cc1cc(C)c(C(=O)CSc2nnc(C3CC3)n2C2CC2)cc1C. The summed E-state index contributed by atoms with van der Waals surface area (Å²) >= 11 is 1.54. The van der Waals surface area contributed by atoms with Gasteiger partial charge in [-0.15, -0.1) is 10.2 Å². The molecular formula is C19H23N3OS. The Morgan fingerprint density at radius 1 is 1.08 bits per heavy atom. The second-order valence-electron chi connectivity index (χ2n) is 7.18. The van der Waals surface area contributed by atoms with E-state index < -0.39 is 0 Å². The van der Waals surface area contributed by atoms with Crippen molar-refractivity contribution in [1.29, 1.82) is 0 Å². The molecule has 2 aliphatic rings. The highest BCUT2D eigenvalue weighted by Crippen LogP contribution is 2.46. The first-order valence-corrected chi connectivity index (χ1v) is 9.72. The third-order valence-electron chi connectivity index (χ3n) is 5.02. The average Bonchev–Trinajstić information content (AvgIpc) is 3.47. The van der Waals surface area contributed by atoms with Crippen molar-refractivity contribution in [3.8, 4) is 0 Å². The zero-order valence-corrected chi connectivity index (χ0v) is 15.3. The van der Waals surface area contributed by atoms with E-state index in [1.54, 1.807) is 11.8 Å². The van der Waals surface area contributed by atoms with Crippen LogP contribution < -0.4 is 0 Å². The maximum Gasteiger partial charge on any atom is 0.191 e. The van der Waals surface area contributed by atoms with E-state index in [0.29, 0.717) is 17.7 Å². The molecule has 0 spiro atoms. The average molecular weight is 341 g/mol. The van der Waals surface area contributed by atoms with Crippen LogP contribution in [0.1, 0.15) is 70.5 Å². The van der Waals surface area contributed by atoms with Gasteiger partial charge in [0, 0.05) is 17.5 Å². The molecule has 2 fully saturated rings. The summed E-state index contributed by atoms with van der Waals surface area (Å²) in [7, 11) is 0. The minimum Gasteiger partial charge on any atom is -0.303 e. The molecule has 4 rings (SSSR count). The Morgan fingerprint density at radius 2 is 1.79 bits per heavy atom. The number of carbonyl (C=O) groups excluding carboxylic acids is 1. The maximum absolute atomic E-state index is 12.7. The lowest BCUT2D eigenvalue weighted by atomic mass is 9.99. The van der Waals surface area contributed by atoms with Crippen molar-refractivity contribution in [3.63, 3.8) is 0 Å². The van der Waals surface area contributed by atoms with Crippen LogP contribution in [0.5, 0.6) is 0 Å². The standard InChI is InChI=1S/C19H23N3OS/c1-11-8-13(3)16(9-12(11)2)17(23)10-24-19-21-20-18(14-4-5-14)22(19)15-6-7-15/h8-9,14-15H,4-7,10H2,1-3H3. The lowest BCUT2D eigenvalue weighted by Gasteiger charge is -2.10. The molecule has 2 saturated carbocycles. The summed E-state index contributed by atoms with van der Waals surface area (Å²) in [6.45, 7) is 6.16. The van der Waals surface area contributed by atoms with E-state index in [1.807, 2.05) is 13.0 Å². The van der Waals surface area contributed by atoms with Gasteiger partial charge in [-0.1, -0.05) is 17.8 Å². The molecule has 2 aliphatic carbocycles. The van der Waals surface area contributed by atoms with Gasteiger partial charge in [-0.2, -0.15) is 0 Å². The van der Waals surface area contributed by atoms with Gasteiger partial charge in [0.05, 0.1) is 5.75 Å². The van der Waals surface area contributed by atoms with Gasteiger partial charge >= 0.3 is 0 Å². The van der Waals surface area contributed by atoms with Crippen LogP contribution in [0.15, 0.2) is 17.3 Å². The Labute approximate surface area is 147 Å². The van der Waals surface area contributed by atoms with Gasteiger partial charge in [0.1, 0.15) is 5.82 Å². The Balaban J connectivity index is 1.51. The highest BCUT2D eigenvalue weighted by Gasteiger charge is 2.36. The fourth-order valence-corrected chi connectivity index (χ4v) is 4.05. The third-order valence-corrected chi connectivity index (χ3v) is 5.96. The number of thioether (sulfide) groups is 1. The smallest absolute Gasteiger partial charge is 0.191 e. The van der Waals surface area contributed by atoms with Crippen LogP contribution in [0, 0.1) is 20.8 Å². The molecule has 0 unspecified atom stereocenters. The summed E-state index contributed by atoms with van der Waals surface area (Å²) in [6, 6.07) is 4.69. The Bertz CT molecular complexity index is 803. The Morgan fingerprint density at radius 3 is 2.46 bits per heavy atom. The first kappa shape index (κ1) is 15.9. The lowest BCUT2D eigenvalue weighted by Crippen LogP contribution is -2.08. The highest BCUT2D eigenvalue weighted by molar-refractivity contribution is 7.99. The predicted octanol–water partition coefficient (Wildman–Crippen LogP) is 4.39. The minimum atomic E-state index is 0.180. The molecule has 0 amide bonds. The van der Waals surface area contributed by atoms with Crippen LogP contribution in [0.25, 0.3) is 0 Å². The molecule has 24 heavy (non-hydrogen) atoms. The molecule has 4 nitrogen and oxygen atoms in total. The third kappa shape index (κ3) is 3.02. The minimum absolute atomic E-state index is 0.180. The van der Waals surface area contributed by atoms with E-state index in [-0.39, 0.29) is 5.78 Å². The van der Waals surface area contributed by atoms with Crippen LogP contribution >= 0.6 is 11.8 Å². The maximum atomic E-state index is 12.7. The molecule has 1 aromatic carbocycles. The molecule has 1 heterocycles. The van der Waals surface area contributed by atoms with E-state index in [2.05, 4.69) is 34.7 Å². The molecule has 0 N–H and O–H groups in total. The van der Waals surface area contributed by atoms with Crippen molar-refractivity contribution >= 4 is 17.5 Å². The highest BCUT2D eigenvalue weighted by atomic mass is 32.2. The summed E-state index contributed by atoms with van der Waals surface area (Å²) in [5.74, 6) is 2.36. The van der Waals surface area contributed by atoms with Crippen molar-refractivity contribution < 1.29 is 4.79 Å². The van der Waals surface area contributed by atoms with E-state index in [0.717, 1.165) is 22.1 Å². The molecule has 0 aliphatic heterocycles.